The Morgan fingerprint density at radius 1 is 1.44 bits per heavy atom. The second-order valence-corrected chi connectivity index (χ2v) is 4.82. The maximum absolute atomic E-state index is 4.39. The zero-order chi connectivity index (χ0) is 11.4. The molecule has 16 heavy (non-hydrogen) atoms. The van der Waals surface area contributed by atoms with Crippen LogP contribution in [0.25, 0.3) is 0 Å². The van der Waals surface area contributed by atoms with Crippen molar-refractivity contribution in [1.82, 2.24) is 14.8 Å². The summed E-state index contributed by atoms with van der Waals surface area (Å²) in [6.45, 7) is 9.77. The zero-order valence-electron chi connectivity index (χ0n) is 9.89. The second-order valence-electron chi connectivity index (χ2n) is 3.99. The van der Waals surface area contributed by atoms with Crippen LogP contribution in [0.2, 0.25) is 0 Å². The Kier molecular flexibility index (Phi) is 3.90. The summed E-state index contributed by atoms with van der Waals surface area (Å²) >= 11 is 1.60. The molecule has 1 aliphatic heterocycles. The summed E-state index contributed by atoms with van der Waals surface area (Å²) < 4.78 is 0. The van der Waals surface area contributed by atoms with E-state index in [1.165, 1.54) is 0 Å². The van der Waals surface area contributed by atoms with Crippen molar-refractivity contribution in [3.63, 3.8) is 0 Å². The van der Waals surface area contributed by atoms with Crippen molar-refractivity contribution < 1.29 is 0 Å². The lowest BCUT2D eigenvalue weighted by atomic mass is 10.3. The van der Waals surface area contributed by atoms with Crippen LogP contribution < -0.4 is 0 Å². The van der Waals surface area contributed by atoms with Gasteiger partial charge in [-0.3, -0.25) is 0 Å². The molecule has 0 radical (unpaired) electrons. The van der Waals surface area contributed by atoms with Crippen LogP contribution in [0.15, 0.2) is 10.4 Å². The molecule has 1 aliphatic rings. The number of hydrogen-bond donors (Lipinski definition) is 0. The van der Waals surface area contributed by atoms with Crippen LogP contribution in [0.4, 0.5) is 5.13 Å². The number of thiazole rings is 1. The average Bonchev–Trinajstić information content (AvgIpc) is 2.73. The Morgan fingerprint density at radius 3 is 2.75 bits per heavy atom. The maximum Gasteiger partial charge on any atom is 0.210 e. The van der Waals surface area contributed by atoms with Gasteiger partial charge in [-0.2, -0.15) is 0 Å². The summed E-state index contributed by atoms with van der Waals surface area (Å²) in [4.78, 5) is 13.4. The molecule has 1 saturated heterocycles. The highest BCUT2D eigenvalue weighted by Gasteiger charge is 2.12. The van der Waals surface area contributed by atoms with E-state index in [4.69, 9.17) is 0 Å². The van der Waals surface area contributed by atoms with Crippen LogP contribution in [0.1, 0.15) is 12.6 Å². The van der Waals surface area contributed by atoms with E-state index in [9.17, 15) is 0 Å². The first-order valence-electron chi connectivity index (χ1n) is 5.70. The van der Waals surface area contributed by atoms with Crippen molar-refractivity contribution >= 4 is 22.8 Å². The third-order valence-corrected chi connectivity index (χ3v) is 3.66. The fourth-order valence-corrected chi connectivity index (χ4v) is 2.36. The van der Waals surface area contributed by atoms with Crippen molar-refractivity contribution in [2.75, 3.05) is 32.7 Å². The van der Waals surface area contributed by atoms with Gasteiger partial charge in [0.25, 0.3) is 0 Å². The van der Waals surface area contributed by atoms with E-state index in [0.29, 0.717) is 0 Å². The molecule has 0 unspecified atom stereocenters. The Balaban J connectivity index is 1.84. The molecule has 2 heterocycles. The van der Waals surface area contributed by atoms with Gasteiger partial charge in [0.15, 0.2) is 0 Å². The van der Waals surface area contributed by atoms with Crippen LogP contribution in [-0.4, -0.2) is 53.8 Å². The van der Waals surface area contributed by atoms with E-state index in [2.05, 4.69) is 26.7 Å². The molecule has 0 atom stereocenters. The minimum atomic E-state index is 0.857. The van der Waals surface area contributed by atoms with E-state index >= 15 is 0 Å². The van der Waals surface area contributed by atoms with Gasteiger partial charge >= 0.3 is 0 Å². The summed E-state index contributed by atoms with van der Waals surface area (Å²) in [6.07, 6.45) is 1.94. The summed E-state index contributed by atoms with van der Waals surface area (Å²) in [5.74, 6) is 0. The minimum Gasteiger partial charge on any atom is -0.360 e. The van der Waals surface area contributed by atoms with Gasteiger partial charge in [-0.05, 0) is 13.5 Å². The molecule has 0 spiro atoms. The molecule has 5 heteroatoms. The Labute approximate surface area is 101 Å². The first-order chi connectivity index (χ1) is 7.78. The van der Waals surface area contributed by atoms with Crippen LogP contribution in [0.5, 0.6) is 0 Å². The van der Waals surface area contributed by atoms with Crippen molar-refractivity contribution in [1.29, 1.82) is 0 Å². The number of likely N-dealkylation sites (N-methyl/N-ethyl adjacent to an activating group) is 1. The highest BCUT2D eigenvalue weighted by Crippen LogP contribution is 2.17. The van der Waals surface area contributed by atoms with Gasteiger partial charge in [0.2, 0.25) is 5.13 Å². The maximum atomic E-state index is 4.39. The van der Waals surface area contributed by atoms with E-state index < -0.39 is 0 Å². The quantitative estimate of drug-likeness (QED) is 0.594. The molecule has 2 rings (SSSR count). The van der Waals surface area contributed by atoms with Crippen molar-refractivity contribution in [2.24, 2.45) is 4.99 Å². The Morgan fingerprint density at radius 2 is 2.19 bits per heavy atom. The lowest BCUT2D eigenvalue weighted by molar-refractivity contribution is 0.193. The number of hydrogen-bond acceptors (Lipinski definition) is 4. The third kappa shape index (κ3) is 3.02. The summed E-state index contributed by atoms with van der Waals surface area (Å²) in [5, 5.41) is 2.89. The van der Waals surface area contributed by atoms with E-state index in [-0.39, 0.29) is 0 Å². The summed E-state index contributed by atoms with van der Waals surface area (Å²) in [7, 11) is 0. The van der Waals surface area contributed by atoms with Crippen molar-refractivity contribution in [3.05, 3.63) is 11.1 Å². The number of aryl methyl sites for hydroxylation is 1. The standard InChI is InChI=1S/C11H18N4S/c1-3-14-4-6-15(7-5-14)9-12-11-13-10(2)8-16-11/h8-9H,3-7H2,1-2H3/b12-9+. The minimum absolute atomic E-state index is 0.857. The van der Waals surface area contributed by atoms with Gasteiger partial charge in [0.1, 0.15) is 0 Å². The first kappa shape index (κ1) is 11.5. The summed E-state index contributed by atoms with van der Waals surface area (Å²) in [5.41, 5.74) is 1.05. The number of aliphatic imine (C=N–C) groups is 1. The van der Waals surface area contributed by atoms with Gasteiger partial charge in [0.05, 0.1) is 12.0 Å². The molecular weight excluding hydrogens is 220 g/mol. The fourth-order valence-electron chi connectivity index (χ4n) is 1.73. The lowest BCUT2D eigenvalue weighted by Crippen LogP contribution is -2.45. The second kappa shape index (κ2) is 5.41. The van der Waals surface area contributed by atoms with E-state index in [1.807, 2.05) is 18.6 Å². The first-order valence-corrected chi connectivity index (χ1v) is 6.58. The average molecular weight is 238 g/mol. The molecule has 1 fully saturated rings. The Hall–Kier alpha value is -0.940. The van der Waals surface area contributed by atoms with Gasteiger partial charge < -0.3 is 9.80 Å². The largest absolute Gasteiger partial charge is 0.360 e. The van der Waals surface area contributed by atoms with Crippen molar-refractivity contribution in [2.45, 2.75) is 13.8 Å². The number of nitrogens with zero attached hydrogens (tertiary/aromatic N) is 4. The molecule has 4 nitrogen and oxygen atoms in total. The smallest absolute Gasteiger partial charge is 0.210 e. The third-order valence-electron chi connectivity index (χ3n) is 2.79. The van der Waals surface area contributed by atoms with Crippen LogP contribution in [0, 0.1) is 6.92 Å². The molecule has 0 bridgehead atoms. The number of aromatic nitrogens is 1. The molecule has 1 aromatic rings. The number of piperazine rings is 1. The molecule has 0 amide bonds. The SMILES string of the molecule is CCN1CCN(/C=N/c2nc(C)cs2)CC1. The molecule has 1 aromatic heterocycles. The van der Waals surface area contributed by atoms with Crippen molar-refractivity contribution in [3.8, 4) is 0 Å². The molecule has 0 N–H and O–H groups in total. The normalized spacial score (nSPS) is 18.5. The summed E-state index contributed by atoms with van der Waals surface area (Å²) in [6, 6.07) is 0. The zero-order valence-corrected chi connectivity index (χ0v) is 10.7. The van der Waals surface area contributed by atoms with Crippen LogP contribution in [-0.2, 0) is 0 Å². The fraction of sp³-hybridized carbons (Fsp3) is 0.636. The van der Waals surface area contributed by atoms with Gasteiger partial charge in [0, 0.05) is 31.6 Å². The van der Waals surface area contributed by atoms with Gasteiger partial charge in [-0.1, -0.05) is 6.92 Å². The Bertz CT molecular complexity index is 353. The van der Waals surface area contributed by atoms with Crippen LogP contribution in [0.3, 0.4) is 0 Å². The number of rotatable bonds is 3. The molecule has 0 aromatic carbocycles. The lowest BCUT2D eigenvalue weighted by Gasteiger charge is -2.32. The highest BCUT2D eigenvalue weighted by atomic mass is 32.1. The highest BCUT2D eigenvalue weighted by molar-refractivity contribution is 7.13. The van der Waals surface area contributed by atoms with Crippen LogP contribution >= 0.6 is 11.3 Å². The molecule has 0 saturated carbocycles. The molecular formula is C11H18N4S. The topological polar surface area (TPSA) is 31.7 Å². The molecule has 0 aliphatic carbocycles. The van der Waals surface area contributed by atoms with Gasteiger partial charge in [-0.15, -0.1) is 11.3 Å². The monoisotopic (exact) mass is 238 g/mol. The van der Waals surface area contributed by atoms with Gasteiger partial charge in [-0.25, -0.2) is 9.98 Å². The van der Waals surface area contributed by atoms with E-state index in [0.717, 1.165) is 43.5 Å². The molecule has 88 valence electrons. The van der Waals surface area contributed by atoms with E-state index in [1.54, 1.807) is 11.3 Å². The predicted octanol–water partition coefficient (Wildman–Crippen LogP) is 1.75. The predicted molar refractivity (Wildman–Crippen MR) is 68.7 cm³/mol.